The summed E-state index contributed by atoms with van der Waals surface area (Å²) in [7, 11) is 0. The maximum absolute atomic E-state index is 13.7. The number of benzene rings is 2. The van der Waals surface area contributed by atoms with E-state index in [1.54, 1.807) is 30.3 Å². The maximum Gasteiger partial charge on any atom is 0.281 e. The molecule has 104 valence electrons. The number of hydrogen-bond acceptors (Lipinski definition) is 2. The van der Waals surface area contributed by atoms with E-state index in [0.717, 1.165) is 0 Å². The number of thiocarbonyl (C=S) groups is 1. The molecule has 0 radical (unpaired) electrons. The van der Waals surface area contributed by atoms with Gasteiger partial charge in [-0.2, -0.15) is 0 Å². The molecule has 1 N–H and O–H groups in total. The molecule has 1 amide bonds. The molecule has 3 rings (SSSR count). The molecule has 21 heavy (non-hydrogen) atoms. The summed E-state index contributed by atoms with van der Waals surface area (Å²) in [5.41, 5.74) is 1.27. The first-order valence-electron chi connectivity index (χ1n) is 6.33. The summed E-state index contributed by atoms with van der Waals surface area (Å²) in [6, 6.07) is 15.3. The van der Waals surface area contributed by atoms with Crippen molar-refractivity contribution in [3.05, 3.63) is 71.7 Å². The molecular weight excluding hydrogens is 287 g/mol. The van der Waals surface area contributed by atoms with Gasteiger partial charge in [0.2, 0.25) is 0 Å². The fourth-order valence-electron chi connectivity index (χ4n) is 2.09. The Morgan fingerprint density at radius 3 is 2.43 bits per heavy atom. The third kappa shape index (κ3) is 2.55. The summed E-state index contributed by atoms with van der Waals surface area (Å²) in [5, 5.41) is 3.12. The number of nitrogens with one attached hydrogen (secondary N) is 1. The summed E-state index contributed by atoms with van der Waals surface area (Å²) in [5.74, 6) is -0.682. The normalized spacial score (nSPS) is 16.4. The topological polar surface area (TPSA) is 32.3 Å². The molecule has 1 aliphatic rings. The van der Waals surface area contributed by atoms with Crippen LogP contribution in [0.2, 0.25) is 0 Å². The Labute approximate surface area is 126 Å². The lowest BCUT2D eigenvalue weighted by molar-refractivity contribution is -0.113. The number of carbonyl (C=O) groups is 1. The fourth-order valence-corrected chi connectivity index (χ4v) is 2.39. The van der Waals surface area contributed by atoms with Crippen molar-refractivity contribution in [2.45, 2.75) is 0 Å². The number of anilines is 1. The van der Waals surface area contributed by atoms with Gasteiger partial charge in [0.05, 0.1) is 5.69 Å². The van der Waals surface area contributed by atoms with Crippen molar-refractivity contribution in [1.82, 2.24) is 5.32 Å². The number of hydrogen-bond donors (Lipinski definition) is 1. The smallest absolute Gasteiger partial charge is 0.281 e. The first-order valence-corrected chi connectivity index (χ1v) is 6.74. The molecule has 0 unspecified atom stereocenters. The van der Waals surface area contributed by atoms with Crippen LogP contribution in [-0.4, -0.2) is 11.0 Å². The Balaban J connectivity index is 1.96. The Kier molecular flexibility index (Phi) is 3.50. The fraction of sp³-hybridized carbons (Fsp3) is 0. The average Bonchev–Trinajstić information content (AvgIpc) is 2.77. The molecule has 0 bridgehead atoms. The zero-order valence-corrected chi connectivity index (χ0v) is 11.7. The van der Waals surface area contributed by atoms with E-state index in [9.17, 15) is 9.18 Å². The predicted molar refractivity (Wildman–Crippen MR) is 84.0 cm³/mol. The minimum Gasteiger partial charge on any atom is -0.327 e. The van der Waals surface area contributed by atoms with Crippen LogP contribution in [0.15, 0.2) is 60.3 Å². The molecule has 0 saturated carbocycles. The van der Waals surface area contributed by atoms with Gasteiger partial charge in [-0.3, -0.25) is 9.69 Å². The number of nitrogens with zero attached hydrogens (tertiary/aromatic N) is 1. The Morgan fingerprint density at radius 1 is 1.05 bits per heavy atom. The highest BCUT2D eigenvalue weighted by atomic mass is 32.1. The van der Waals surface area contributed by atoms with Crippen LogP contribution in [0.4, 0.5) is 10.1 Å². The first-order chi connectivity index (χ1) is 10.2. The molecule has 0 atom stereocenters. The van der Waals surface area contributed by atoms with E-state index in [1.807, 2.05) is 18.2 Å². The zero-order chi connectivity index (χ0) is 14.8. The van der Waals surface area contributed by atoms with E-state index in [2.05, 4.69) is 5.32 Å². The number of rotatable bonds is 2. The molecule has 5 heteroatoms. The van der Waals surface area contributed by atoms with Crippen LogP contribution in [0, 0.1) is 5.82 Å². The van der Waals surface area contributed by atoms with E-state index >= 15 is 0 Å². The van der Waals surface area contributed by atoms with Crippen molar-refractivity contribution in [3.8, 4) is 0 Å². The quantitative estimate of drug-likeness (QED) is 0.683. The van der Waals surface area contributed by atoms with Crippen molar-refractivity contribution >= 4 is 35.0 Å². The van der Waals surface area contributed by atoms with Crippen LogP contribution in [0.3, 0.4) is 0 Å². The molecule has 0 aliphatic carbocycles. The number of amides is 1. The number of para-hydroxylation sites is 1. The molecule has 1 heterocycles. The van der Waals surface area contributed by atoms with E-state index < -0.39 is 0 Å². The highest BCUT2D eigenvalue weighted by Crippen LogP contribution is 2.22. The second kappa shape index (κ2) is 5.46. The second-order valence-corrected chi connectivity index (χ2v) is 4.87. The lowest BCUT2D eigenvalue weighted by Crippen LogP contribution is -2.30. The molecule has 2 aromatic rings. The highest BCUT2D eigenvalue weighted by molar-refractivity contribution is 7.80. The summed E-state index contributed by atoms with van der Waals surface area (Å²) >= 11 is 5.19. The summed E-state index contributed by atoms with van der Waals surface area (Å²) in [4.78, 5) is 13.8. The molecule has 1 fully saturated rings. The lowest BCUT2D eigenvalue weighted by atomic mass is 10.2. The van der Waals surface area contributed by atoms with Gasteiger partial charge in [-0.1, -0.05) is 36.4 Å². The van der Waals surface area contributed by atoms with Crippen LogP contribution >= 0.6 is 12.2 Å². The first kappa shape index (κ1) is 13.5. The van der Waals surface area contributed by atoms with E-state index in [4.69, 9.17) is 12.2 Å². The van der Waals surface area contributed by atoms with Gasteiger partial charge in [-0.05, 0) is 36.5 Å². The van der Waals surface area contributed by atoms with Crippen molar-refractivity contribution in [1.29, 1.82) is 0 Å². The minimum absolute atomic E-state index is 0.258. The van der Waals surface area contributed by atoms with Gasteiger partial charge in [-0.15, -0.1) is 0 Å². The Hall–Kier alpha value is -2.53. The van der Waals surface area contributed by atoms with Crippen LogP contribution in [-0.2, 0) is 4.79 Å². The molecule has 1 saturated heterocycles. The van der Waals surface area contributed by atoms with Crippen molar-refractivity contribution in [3.63, 3.8) is 0 Å². The molecular formula is C16H11FN2OS. The van der Waals surface area contributed by atoms with Crippen LogP contribution in [0.1, 0.15) is 5.56 Å². The van der Waals surface area contributed by atoms with E-state index in [1.165, 1.54) is 17.0 Å². The Morgan fingerprint density at radius 2 is 1.71 bits per heavy atom. The van der Waals surface area contributed by atoms with E-state index in [0.29, 0.717) is 11.3 Å². The predicted octanol–water partition coefficient (Wildman–Crippen LogP) is 3.09. The van der Waals surface area contributed by atoms with Crippen molar-refractivity contribution in [2.75, 3.05) is 4.90 Å². The van der Waals surface area contributed by atoms with Gasteiger partial charge in [0.15, 0.2) is 5.11 Å². The second-order valence-electron chi connectivity index (χ2n) is 4.49. The van der Waals surface area contributed by atoms with E-state index in [-0.39, 0.29) is 22.5 Å². The van der Waals surface area contributed by atoms with Crippen molar-refractivity contribution < 1.29 is 9.18 Å². The third-order valence-electron chi connectivity index (χ3n) is 3.10. The zero-order valence-electron chi connectivity index (χ0n) is 10.9. The maximum atomic E-state index is 13.7. The molecule has 0 spiro atoms. The van der Waals surface area contributed by atoms with Crippen LogP contribution in [0.25, 0.3) is 6.08 Å². The molecule has 0 aromatic heterocycles. The third-order valence-corrected chi connectivity index (χ3v) is 3.38. The van der Waals surface area contributed by atoms with Gasteiger partial charge >= 0.3 is 0 Å². The van der Waals surface area contributed by atoms with Crippen LogP contribution < -0.4 is 10.2 Å². The van der Waals surface area contributed by atoms with Crippen molar-refractivity contribution in [2.24, 2.45) is 0 Å². The van der Waals surface area contributed by atoms with Gasteiger partial charge in [0, 0.05) is 5.56 Å². The summed E-state index contributed by atoms with van der Waals surface area (Å²) in [6.07, 6.45) is 1.47. The average molecular weight is 298 g/mol. The summed E-state index contributed by atoms with van der Waals surface area (Å²) in [6.45, 7) is 0. The van der Waals surface area contributed by atoms with Crippen LogP contribution in [0.5, 0.6) is 0 Å². The highest BCUT2D eigenvalue weighted by Gasteiger charge is 2.31. The summed E-state index contributed by atoms with van der Waals surface area (Å²) < 4.78 is 13.7. The van der Waals surface area contributed by atoms with Gasteiger partial charge in [0.1, 0.15) is 11.5 Å². The van der Waals surface area contributed by atoms with Gasteiger partial charge < -0.3 is 5.32 Å². The molecule has 3 nitrogen and oxygen atoms in total. The van der Waals surface area contributed by atoms with Gasteiger partial charge in [-0.25, -0.2) is 4.39 Å². The largest absolute Gasteiger partial charge is 0.327 e. The van der Waals surface area contributed by atoms with Gasteiger partial charge in [0.25, 0.3) is 5.91 Å². The molecule has 1 aliphatic heterocycles. The Bertz CT molecular complexity index is 743. The standard InChI is InChI=1S/C16H11FN2OS/c17-13-9-5-4-6-11(13)10-14-15(20)19(16(21)18-14)12-7-2-1-3-8-12/h1-10H,(H,18,21). The molecule has 2 aromatic carbocycles. The number of halogens is 1. The SMILES string of the molecule is O=C1C(=Cc2ccccc2F)NC(=S)N1c1ccccc1. The lowest BCUT2D eigenvalue weighted by Gasteiger charge is -2.13. The number of carbonyl (C=O) groups excluding carboxylic acids is 1. The monoisotopic (exact) mass is 298 g/mol. The minimum atomic E-state index is -0.385.